The van der Waals surface area contributed by atoms with Crippen LogP contribution >= 0.6 is 22.6 Å². The number of halogens is 1. The van der Waals surface area contributed by atoms with E-state index in [1.165, 1.54) is 13.5 Å². The van der Waals surface area contributed by atoms with E-state index in [2.05, 4.69) is 27.9 Å². The summed E-state index contributed by atoms with van der Waals surface area (Å²) in [6.07, 6.45) is 10.9. The van der Waals surface area contributed by atoms with E-state index in [9.17, 15) is 24.6 Å². The van der Waals surface area contributed by atoms with Crippen molar-refractivity contribution in [3.8, 4) is 11.5 Å². The largest absolute Gasteiger partial charge is 0.493 e. The molecule has 0 radical (unpaired) electrons. The molecule has 2 fully saturated rings. The Morgan fingerprint density at radius 3 is 2.44 bits per heavy atom. The average molecular weight is 683 g/mol. The van der Waals surface area contributed by atoms with Crippen LogP contribution < -0.4 is 14.8 Å². The Balaban J connectivity index is 1.67. The minimum absolute atomic E-state index is 0.0322. The lowest BCUT2D eigenvalue weighted by molar-refractivity contribution is -0.140. The molecule has 41 heavy (non-hydrogen) atoms. The molecule has 0 saturated heterocycles. The van der Waals surface area contributed by atoms with Crippen LogP contribution in [0.1, 0.15) is 81.0 Å². The van der Waals surface area contributed by atoms with Crippen molar-refractivity contribution in [1.29, 1.82) is 0 Å². The van der Waals surface area contributed by atoms with Gasteiger partial charge in [-0.1, -0.05) is 32.1 Å². The maximum absolute atomic E-state index is 13.9. The second kappa shape index (κ2) is 15.3. The third kappa shape index (κ3) is 8.22. The normalized spacial score (nSPS) is 23.5. The number of nitrogens with one attached hydrogen (secondary N) is 1. The van der Waals surface area contributed by atoms with E-state index in [1.54, 1.807) is 18.2 Å². The number of rotatable bonds is 12. The molecule has 3 unspecified atom stereocenters. The van der Waals surface area contributed by atoms with Gasteiger partial charge in [0, 0.05) is 37.1 Å². The summed E-state index contributed by atoms with van der Waals surface area (Å²) in [6, 6.07) is 2.58. The van der Waals surface area contributed by atoms with Crippen molar-refractivity contribution in [3.63, 3.8) is 0 Å². The predicted molar refractivity (Wildman–Crippen MR) is 163 cm³/mol. The zero-order valence-electron chi connectivity index (χ0n) is 23.9. The van der Waals surface area contributed by atoms with Crippen LogP contribution in [0.25, 0.3) is 0 Å². The zero-order chi connectivity index (χ0) is 29.4. The Labute approximate surface area is 256 Å². The second-order valence-corrected chi connectivity index (χ2v) is 12.7. The van der Waals surface area contributed by atoms with Gasteiger partial charge in [0.05, 0.1) is 23.3 Å². The Morgan fingerprint density at radius 2 is 1.78 bits per heavy atom. The van der Waals surface area contributed by atoms with Crippen LogP contribution in [-0.2, 0) is 9.59 Å². The number of amides is 2. The van der Waals surface area contributed by atoms with E-state index >= 15 is 0 Å². The van der Waals surface area contributed by atoms with Gasteiger partial charge in [0.15, 0.2) is 11.5 Å². The lowest BCUT2D eigenvalue weighted by atomic mass is 9.85. The molecular formula is C31H43IN2O7. The van der Waals surface area contributed by atoms with Crippen molar-refractivity contribution in [2.24, 2.45) is 11.8 Å². The number of aldehydes is 1. The molecule has 0 aromatic heterocycles. The summed E-state index contributed by atoms with van der Waals surface area (Å²) in [6.45, 7) is 0.456. The quantitative estimate of drug-likeness (QED) is 0.225. The van der Waals surface area contributed by atoms with Gasteiger partial charge in [-0.25, -0.2) is 0 Å². The fourth-order valence-electron chi connectivity index (χ4n) is 6.49. The lowest BCUT2D eigenvalue weighted by Crippen LogP contribution is -2.56. The fraction of sp³-hybridized carbons (Fsp3) is 0.645. The number of hydrogen-bond acceptors (Lipinski definition) is 7. The number of hydrogen-bond donors (Lipinski definition) is 3. The molecule has 3 N–H and O–H groups in total. The first-order valence-corrected chi connectivity index (χ1v) is 16.0. The summed E-state index contributed by atoms with van der Waals surface area (Å²) in [7, 11) is 1.48. The maximum atomic E-state index is 13.9. The summed E-state index contributed by atoms with van der Waals surface area (Å²) in [5, 5.41) is 23.8. The summed E-state index contributed by atoms with van der Waals surface area (Å²) in [5.74, 6) is 1.08. The summed E-state index contributed by atoms with van der Waals surface area (Å²) < 4.78 is 12.5. The molecule has 0 bridgehead atoms. The minimum atomic E-state index is -1.09. The van der Waals surface area contributed by atoms with E-state index in [0.29, 0.717) is 51.0 Å². The van der Waals surface area contributed by atoms with Crippen LogP contribution in [0.5, 0.6) is 11.5 Å². The summed E-state index contributed by atoms with van der Waals surface area (Å²) >= 11 is 2.05. The number of carbonyl (C=O) groups excluding carboxylic acids is 3. The van der Waals surface area contributed by atoms with Crippen molar-refractivity contribution >= 4 is 40.7 Å². The van der Waals surface area contributed by atoms with Crippen LogP contribution in [0.4, 0.5) is 0 Å². The van der Waals surface area contributed by atoms with Gasteiger partial charge in [0.25, 0.3) is 0 Å². The SMILES string of the molecule is COc1cc(C=O)cc(I)c1OC1C=C(C(=O)NCCO)CC(N(CC2CCCCC2)C(=O)CC2CCCC2)C1O. The number of ether oxygens (including phenoxy) is 2. The monoisotopic (exact) mass is 682 g/mol. The highest BCUT2D eigenvalue weighted by atomic mass is 127. The topological polar surface area (TPSA) is 125 Å². The van der Waals surface area contributed by atoms with E-state index in [4.69, 9.17) is 9.47 Å². The van der Waals surface area contributed by atoms with Gasteiger partial charge in [-0.15, -0.1) is 0 Å². The predicted octanol–water partition coefficient (Wildman–Crippen LogP) is 4.02. The van der Waals surface area contributed by atoms with Gasteiger partial charge < -0.3 is 29.9 Å². The molecule has 0 aliphatic heterocycles. The first-order valence-electron chi connectivity index (χ1n) is 14.9. The molecule has 3 atom stereocenters. The molecule has 3 aliphatic carbocycles. The highest BCUT2D eigenvalue weighted by molar-refractivity contribution is 14.1. The van der Waals surface area contributed by atoms with Crippen molar-refractivity contribution in [2.45, 2.75) is 88.9 Å². The highest BCUT2D eigenvalue weighted by Gasteiger charge is 2.42. The van der Waals surface area contributed by atoms with Crippen LogP contribution in [0.2, 0.25) is 0 Å². The van der Waals surface area contributed by atoms with Crippen LogP contribution in [0.15, 0.2) is 23.8 Å². The number of methoxy groups -OCH3 is 1. The van der Waals surface area contributed by atoms with Gasteiger partial charge in [-0.05, 0) is 78.3 Å². The summed E-state index contributed by atoms with van der Waals surface area (Å²) in [4.78, 5) is 40.3. The number of aliphatic hydroxyl groups is 2. The highest BCUT2D eigenvalue weighted by Crippen LogP contribution is 2.38. The van der Waals surface area contributed by atoms with Crippen molar-refractivity contribution in [1.82, 2.24) is 10.2 Å². The molecule has 2 saturated carbocycles. The molecule has 3 aliphatic rings. The molecule has 9 nitrogen and oxygen atoms in total. The van der Waals surface area contributed by atoms with Crippen LogP contribution in [0.3, 0.4) is 0 Å². The van der Waals surface area contributed by atoms with Crippen molar-refractivity contribution < 1.29 is 34.1 Å². The standard InChI is InChI=1S/C31H43IN2O7/c1-40-27-14-22(19-36)13-24(32)30(27)41-26-17-23(31(39)33-11-12-35)16-25(29(26)38)34(18-21-9-3-2-4-10-21)28(37)15-20-7-5-6-8-20/h13-14,17,19-21,25-26,29,35,38H,2-12,15-16,18H2,1H3,(H,33,39). The molecular weight excluding hydrogens is 639 g/mol. The average Bonchev–Trinajstić information content (AvgIpc) is 3.50. The third-order valence-electron chi connectivity index (χ3n) is 8.69. The van der Waals surface area contributed by atoms with E-state index in [-0.39, 0.29) is 31.4 Å². The number of carbonyl (C=O) groups is 3. The second-order valence-electron chi connectivity index (χ2n) is 11.6. The molecule has 1 aromatic rings. The molecule has 226 valence electrons. The van der Waals surface area contributed by atoms with Crippen LogP contribution in [-0.4, -0.2) is 78.3 Å². The first kappa shape index (κ1) is 31.7. The zero-order valence-corrected chi connectivity index (χ0v) is 26.0. The Bertz CT molecular complexity index is 1100. The molecule has 0 spiro atoms. The van der Waals surface area contributed by atoms with Gasteiger partial charge in [0.1, 0.15) is 18.5 Å². The molecule has 4 rings (SSSR count). The molecule has 0 heterocycles. The van der Waals surface area contributed by atoms with E-state index in [1.807, 2.05) is 4.90 Å². The molecule has 10 heteroatoms. The van der Waals surface area contributed by atoms with Gasteiger partial charge in [0.2, 0.25) is 11.8 Å². The fourth-order valence-corrected chi connectivity index (χ4v) is 7.24. The molecule has 1 aromatic carbocycles. The Kier molecular flexibility index (Phi) is 11.9. The Hall–Kier alpha value is -2.18. The number of nitrogens with zero attached hydrogens (tertiary/aromatic N) is 1. The first-order chi connectivity index (χ1) is 19.8. The van der Waals surface area contributed by atoms with Gasteiger partial charge in [-0.3, -0.25) is 14.4 Å². The van der Waals surface area contributed by atoms with Crippen LogP contribution in [0, 0.1) is 15.4 Å². The van der Waals surface area contributed by atoms with E-state index < -0.39 is 18.2 Å². The Morgan fingerprint density at radius 1 is 1.10 bits per heavy atom. The summed E-state index contributed by atoms with van der Waals surface area (Å²) in [5.41, 5.74) is 0.830. The minimum Gasteiger partial charge on any atom is -0.493 e. The molecule has 2 amide bonds. The van der Waals surface area contributed by atoms with Crippen molar-refractivity contribution in [2.75, 3.05) is 26.8 Å². The van der Waals surface area contributed by atoms with Crippen molar-refractivity contribution in [3.05, 3.63) is 32.9 Å². The van der Waals surface area contributed by atoms with Gasteiger partial charge in [-0.2, -0.15) is 0 Å². The third-order valence-corrected chi connectivity index (χ3v) is 9.50. The number of aliphatic hydroxyl groups excluding tert-OH is 2. The lowest BCUT2D eigenvalue weighted by Gasteiger charge is -2.42. The smallest absolute Gasteiger partial charge is 0.247 e. The number of benzene rings is 1. The maximum Gasteiger partial charge on any atom is 0.247 e. The van der Waals surface area contributed by atoms with E-state index in [0.717, 1.165) is 57.7 Å². The van der Waals surface area contributed by atoms with Gasteiger partial charge >= 0.3 is 0 Å².